The molecule has 9 heavy (non-hydrogen) atoms. The summed E-state index contributed by atoms with van der Waals surface area (Å²) < 4.78 is 4.53. The molecule has 0 saturated heterocycles. The van der Waals surface area contributed by atoms with E-state index in [0.29, 0.717) is 6.61 Å². The van der Waals surface area contributed by atoms with E-state index < -0.39 is 0 Å². The zero-order valence-electron chi connectivity index (χ0n) is 5.03. The number of aromatic nitrogens is 1. The van der Waals surface area contributed by atoms with Crippen LogP contribution in [0.2, 0.25) is 0 Å². The lowest BCUT2D eigenvalue weighted by Gasteiger charge is -1.92. The molecule has 1 rings (SSSR count). The van der Waals surface area contributed by atoms with Gasteiger partial charge in [-0.2, -0.15) is 0 Å². The molecule has 0 aliphatic carbocycles. The number of hydrogen-bond acceptors (Lipinski definition) is 4. The van der Waals surface area contributed by atoms with Gasteiger partial charge in [-0.15, -0.1) is 0 Å². The van der Waals surface area contributed by atoms with Crippen LogP contribution in [0.25, 0.3) is 0 Å². The third-order valence-electron chi connectivity index (χ3n) is 0.827. The van der Waals surface area contributed by atoms with Crippen molar-refractivity contribution < 1.29 is 14.3 Å². The Bertz CT molecular complexity index is 149. The topological polar surface area (TPSA) is 44.5 Å². The summed E-state index contributed by atoms with van der Waals surface area (Å²) >= 11 is 0. The molecule has 0 aliphatic rings. The van der Waals surface area contributed by atoms with Crippen molar-refractivity contribution in [3.63, 3.8) is 0 Å². The molecule has 0 spiro atoms. The van der Waals surface area contributed by atoms with Gasteiger partial charge < -0.3 is 4.52 Å². The average molecular weight is 129 g/mol. The second-order valence-corrected chi connectivity index (χ2v) is 1.46. The minimum atomic E-state index is 0.375. The van der Waals surface area contributed by atoms with Crippen molar-refractivity contribution in [1.82, 2.24) is 5.16 Å². The minimum absolute atomic E-state index is 0.375. The summed E-state index contributed by atoms with van der Waals surface area (Å²) in [5.41, 5.74) is 0.858. The Morgan fingerprint density at radius 2 is 2.67 bits per heavy atom. The highest BCUT2D eigenvalue weighted by Crippen LogP contribution is 1.97. The van der Waals surface area contributed by atoms with E-state index in [1.165, 1.54) is 13.4 Å². The van der Waals surface area contributed by atoms with Crippen LogP contribution in [-0.2, 0) is 16.4 Å². The molecule has 0 amide bonds. The lowest BCUT2D eigenvalue weighted by atomic mass is 10.4. The predicted octanol–water partition coefficient (Wildman–Crippen LogP) is 0.753. The van der Waals surface area contributed by atoms with Gasteiger partial charge in [0.25, 0.3) is 0 Å². The van der Waals surface area contributed by atoms with E-state index in [2.05, 4.69) is 19.5 Å². The van der Waals surface area contributed by atoms with Gasteiger partial charge in [-0.3, -0.25) is 0 Å². The van der Waals surface area contributed by atoms with Crippen LogP contribution in [0.1, 0.15) is 5.56 Å². The summed E-state index contributed by atoms with van der Waals surface area (Å²) in [6.45, 7) is 0.375. The fourth-order valence-corrected chi connectivity index (χ4v) is 0.425. The van der Waals surface area contributed by atoms with Crippen LogP contribution in [0, 0.1) is 0 Å². The largest absolute Gasteiger partial charge is 0.364 e. The van der Waals surface area contributed by atoms with E-state index >= 15 is 0 Å². The van der Waals surface area contributed by atoms with Gasteiger partial charge in [0.2, 0.25) is 0 Å². The summed E-state index contributed by atoms with van der Waals surface area (Å²) in [5, 5.41) is 3.46. The van der Waals surface area contributed by atoms with E-state index in [-0.39, 0.29) is 0 Å². The van der Waals surface area contributed by atoms with Crippen molar-refractivity contribution in [2.75, 3.05) is 7.11 Å². The molecule has 1 aromatic heterocycles. The van der Waals surface area contributed by atoms with Crippen molar-refractivity contribution >= 4 is 0 Å². The molecular weight excluding hydrogens is 122 g/mol. The quantitative estimate of drug-likeness (QED) is 0.446. The normalized spacial score (nSPS) is 9.89. The van der Waals surface area contributed by atoms with Crippen molar-refractivity contribution in [3.8, 4) is 0 Å². The Morgan fingerprint density at radius 1 is 1.78 bits per heavy atom. The first-order valence-corrected chi connectivity index (χ1v) is 2.47. The van der Waals surface area contributed by atoms with Crippen LogP contribution in [0.15, 0.2) is 17.0 Å². The van der Waals surface area contributed by atoms with Crippen LogP contribution >= 0.6 is 0 Å². The number of hydrogen-bond donors (Lipinski definition) is 0. The summed E-state index contributed by atoms with van der Waals surface area (Å²) in [6, 6.07) is 0. The second kappa shape index (κ2) is 3.21. The van der Waals surface area contributed by atoms with Gasteiger partial charge >= 0.3 is 0 Å². The second-order valence-electron chi connectivity index (χ2n) is 1.46. The third kappa shape index (κ3) is 1.83. The summed E-state index contributed by atoms with van der Waals surface area (Å²) in [6.07, 6.45) is 3.07. The van der Waals surface area contributed by atoms with E-state index in [1.54, 1.807) is 6.20 Å². The lowest BCUT2D eigenvalue weighted by molar-refractivity contribution is -0.282. The molecule has 4 nitrogen and oxygen atoms in total. The van der Waals surface area contributed by atoms with Crippen molar-refractivity contribution in [1.29, 1.82) is 0 Å². The van der Waals surface area contributed by atoms with Gasteiger partial charge in [-0.25, -0.2) is 9.78 Å². The molecule has 1 heterocycles. The molecule has 0 saturated carbocycles. The molecule has 1 aromatic rings. The fraction of sp³-hybridized carbons (Fsp3) is 0.400. The first kappa shape index (κ1) is 6.25. The highest BCUT2D eigenvalue weighted by molar-refractivity contribution is 4.96. The van der Waals surface area contributed by atoms with Crippen molar-refractivity contribution in [2.24, 2.45) is 0 Å². The minimum Gasteiger partial charge on any atom is -0.364 e. The highest BCUT2D eigenvalue weighted by atomic mass is 17.2. The molecule has 0 aromatic carbocycles. The standard InChI is InChI=1S/C5H7NO3/c1-7-9-4-5-2-6-8-3-5/h2-3H,4H2,1H3. The lowest BCUT2D eigenvalue weighted by Crippen LogP contribution is -1.87. The van der Waals surface area contributed by atoms with Crippen LogP contribution in [-0.4, -0.2) is 12.3 Å². The van der Waals surface area contributed by atoms with Gasteiger partial charge in [0.15, 0.2) is 0 Å². The number of nitrogens with zero attached hydrogens (tertiary/aromatic N) is 1. The molecule has 0 atom stereocenters. The average Bonchev–Trinajstić information content (AvgIpc) is 2.34. The van der Waals surface area contributed by atoms with Crippen LogP contribution < -0.4 is 0 Å². The Labute approximate surface area is 52.3 Å². The van der Waals surface area contributed by atoms with Gasteiger partial charge in [0, 0.05) is 5.56 Å². The molecule has 0 N–H and O–H groups in total. The van der Waals surface area contributed by atoms with E-state index in [4.69, 9.17) is 0 Å². The maximum Gasteiger partial charge on any atom is 0.129 e. The molecule has 0 fully saturated rings. The number of rotatable bonds is 3. The van der Waals surface area contributed by atoms with Crippen molar-refractivity contribution in [2.45, 2.75) is 6.61 Å². The first-order valence-electron chi connectivity index (χ1n) is 2.47. The molecule has 0 radical (unpaired) electrons. The molecule has 0 bridgehead atoms. The van der Waals surface area contributed by atoms with Gasteiger partial charge in [-0.1, -0.05) is 5.16 Å². The zero-order chi connectivity index (χ0) is 6.53. The summed E-state index contributed by atoms with van der Waals surface area (Å²) in [7, 11) is 1.45. The van der Waals surface area contributed by atoms with E-state index in [9.17, 15) is 0 Å². The van der Waals surface area contributed by atoms with Gasteiger partial charge in [0.1, 0.15) is 12.9 Å². The Kier molecular flexibility index (Phi) is 2.23. The van der Waals surface area contributed by atoms with Crippen molar-refractivity contribution in [3.05, 3.63) is 18.0 Å². The smallest absolute Gasteiger partial charge is 0.129 e. The fourth-order valence-electron chi connectivity index (χ4n) is 0.425. The maximum absolute atomic E-state index is 4.58. The molecule has 0 aliphatic heterocycles. The first-order chi connectivity index (χ1) is 4.43. The third-order valence-corrected chi connectivity index (χ3v) is 0.827. The maximum atomic E-state index is 4.58. The molecule has 50 valence electrons. The predicted molar refractivity (Wildman–Crippen MR) is 28.3 cm³/mol. The van der Waals surface area contributed by atoms with Crippen LogP contribution in [0.3, 0.4) is 0 Å². The zero-order valence-corrected chi connectivity index (χ0v) is 5.03. The summed E-state index contributed by atoms with van der Waals surface area (Å²) in [4.78, 5) is 8.92. The summed E-state index contributed by atoms with van der Waals surface area (Å²) in [5.74, 6) is 0. The monoisotopic (exact) mass is 129 g/mol. The Hall–Kier alpha value is -0.870. The molecule has 4 heteroatoms. The van der Waals surface area contributed by atoms with E-state index in [0.717, 1.165) is 5.56 Å². The van der Waals surface area contributed by atoms with Gasteiger partial charge in [0.05, 0.1) is 13.3 Å². The Morgan fingerprint density at radius 3 is 3.22 bits per heavy atom. The van der Waals surface area contributed by atoms with Gasteiger partial charge in [-0.05, 0) is 0 Å². The molecule has 0 unspecified atom stereocenters. The highest BCUT2D eigenvalue weighted by Gasteiger charge is 1.92. The van der Waals surface area contributed by atoms with E-state index in [1.807, 2.05) is 0 Å². The Balaban J connectivity index is 2.30. The van der Waals surface area contributed by atoms with Crippen LogP contribution in [0.5, 0.6) is 0 Å². The SMILES string of the molecule is COOCc1cnoc1. The van der Waals surface area contributed by atoms with Crippen LogP contribution in [0.4, 0.5) is 0 Å². The molecular formula is C5H7NO3.